The molecule has 0 aliphatic heterocycles. The number of furan rings is 2. The lowest BCUT2D eigenvalue weighted by Crippen LogP contribution is -1.94. The number of aromatic nitrogens is 3. The summed E-state index contributed by atoms with van der Waals surface area (Å²) in [4.78, 5) is 10.5. The van der Waals surface area contributed by atoms with Crippen LogP contribution in [0.5, 0.6) is 0 Å². The number of fused-ring (bicyclic) bond motifs is 9. The summed E-state index contributed by atoms with van der Waals surface area (Å²) in [5.74, 6) is 0.585. The van der Waals surface area contributed by atoms with E-state index in [2.05, 4.69) is 150 Å². The Hall–Kier alpha value is -7.76. The molecule has 0 N–H and O–H groups in total. The van der Waals surface area contributed by atoms with Crippen LogP contribution in [0.2, 0.25) is 0 Å². The Morgan fingerprint density at radius 1 is 0.368 bits per heavy atom. The third kappa shape index (κ3) is 4.96. The monoisotopic (exact) mass is 729 g/mol. The Morgan fingerprint density at radius 2 is 1.04 bits per heavy atom. The van der Waals surface area contributed by atoms with Gasteiger partial charge in [0, 0.05) is 43.7 Å². The molecule has 8 aromatic carbocycles. The lowest BCUT2D eigenvalue weighted by Gasteiger charge is -2.08. The molecule has 12 rings (SSSR count). The van der Waals surface area contributed by atoms with Crippen LogP contribution in [-0.2, 0) is 0 Å². The van der Waals surface area contributed by atoms with Crippen molar-refractivity contribution in [2.24, 2.45) is 0 Å². The van der Waals surface area contributed by atoms with Crippen LogP contribution in [0.25, 0.3) is 116 Å². The first kappa shape index (κ1) is 31.6. The van der Waals surface area contributed by atoms with Gasteiger partial charge in [-0.25, -0.2) is 4.98 Å². The van der Waals surface area contributed by atoms with Crippen molar-refractivity contribution in [1.82, 2.24) is 14.5 Å². The fourth-order valence-electron chi connectivity index (χ4n) is 8.61. The van der Waals surface area contributed by atoms with E-state index < -0.39 is 0 Å². The van der Waals surface area contributed by atoms with Crippen molar-refractivity contribution in [3.8, 4) is 50.6 Å². The van der Waals surface area contributed by atoms with Crippen LogP contribution in [0.3, 0.4) is 0 Å². The maximum atomic E-state index is 6.62. The molecule has 0 bridgehead atoms. The predicted octanol–water partition coefficient (Wildman–Crippen LogP) is 14.0. The van der Waals surface area contributed by atoms with Gasteiger partial charge < -0.3 is 13.4 Å². The zero-order valence-electron chi connectivity index (χ0n) is 30.6. The zero-order chi connectivity index (χ0) is 37.5. The van der Waals surface area contributed by atoms with E-state index >= 15 is 0 Å². The highest BCUT2D eigenvalue weighted by atomic mass is 16.3. The van der Waals surface area contributed by atoms with Crippen LogP contribution < -0.4 is 0 Å². The smallest absolute Gasteiger partial charge is 0.231 e. The Bertz CT molecular complexity index is 3510. The van der Waals surface area contributed by atoms with Crippen molar-refractivity contribution in [3.63, 3.8) is 0 Å². The molecule has 0 radical (unpaired) electrons. The molecular weight excluding hydrogens is 699 g/mol. The molecule has 0 saturated heterocycles. The first-order chi connectivity index (χ1) is 28.2. The fourth-order valence-corrected chi connectivity index (χ4v) is 8.61. The second-order valence-electron chi connectivity index (χ2n) is 14.5. The van der Waals surface area contributed by atoms with E-state index in [1.54, 1.807) is 0 Å². The van der Waals surface area contributed by atoms with E-state index in [0.717, 1.165) is 83.1 Å². The fraction of sp³-hybridized carbons (Fsp3) is 0. The molecule has 266 valence electrons. The van der Waals surface area contributed by atoms with Crippen LogP contribution in [0.1, 0.15) is 0 Å². The van der Waals surface area contributed by atoms with E-state index in [1.807, 2.05) is 42.5 Å². The van der Waals surface area contributed by atoms with E-state index in [1.165, 1.54) is 21.8 Å². The van der Waals surface area contributed by atoms with Crippen LogP contribution in [0.15, 0.2) is 197 Å². The second kappa shape index (κ2) is 12.4. The zero-order valence-corrected chi connectivity index (χ0v) is 30.6. The van der Waals surface area contributed by atoms with Crippen molar-refractivity contribution in [3.05, 3.63) is 188 Å². The summed E-state index contributed by atoms with van der Waals surface area (Å²) in [6, 6.07) is 65.6. The van der Waals surface area contributed by atoms with Crippen LogP contribution >= 0.6 is 0 Å². The quantitative estimate of drug-likeness (QED) is 0.177. The highest BCUT2D eigenvalue weighted by Gasteiger charge is 2.22. The topological polar surface area (TPSA) is 57.0 Å². The number of nitrogens with zero attached hydrogens (tertiary/aromatic N) is 3. The SMILES string of the molecule is c1ccc(-c2ccc3oc4nc(-c5cccc6oc7cc(-c8ccc9c(c8)c8ccccc8n9-c8ccccc8)ccc7c56)nc(-c5ccccc5)c4c3c2)cc1. The minimum Gasteiger partial charge on any atom is -0.456 e. The van der Waals surface area contributed by atoms with Crippen LogP contribution in [0, 0.1) is 0 Å². The summed E-state index contributed by atoms with van der Waals surface area (Å²) in [6.07, 6.45) is 0. The predicted molar refractivity (Wildman–Crippen MR) is 233 cm³/mol. The molecule has 57 heavy (non-hydrogen) atoms. The molecule has 5 nitrogen and oxygen atoms in total. The van der Waals surface area contributed by atoms with Gasteiger partial charge >= 0.3 is 0 Å². The Kier molecular flexibility index (Phi) is 6.86. The van der Waals surface area contributed by atoms with Gasteiger partial charge in [0.2, 0.25) is 5.71 Å². The van der Waals surface area contributed by atoms with Gasteiger partial charge in [0.05, 0.1) is 22.1 Å². The number of benzene rings is 8. The summed E-state index contributed by atoms with van der Waals surface area (Å²) in [6.45, 7) is 0. The van der Waals surface area contributed by atoms with Gasteiger partial charge in [-0.05, 0) is 82.9 Å². The highest BCUT2D eigenvalue weighted by molar-refractivity contribution is 6.15. The number of hydrogen-bond acceptors (Lipinski definition) is 4. The Morgan fingerprint density at radius 3 is 1.88 bits per heavy atom. The van der Waals surface area contributed by atoms with Crippen molar-refractivity contribution < 1.29 is 8.83 Å². The molecule has 0 unspecified atom stereocenters. The van der Waals surface area contributed by atoms with Gasteiger partial charge in [-0.15, -0.1) is 0 Å². The molecule has 0 fully saturated rings. The lowest BCUT2D eigenvalue weighted by atomic mass is 9.99. The van der Waals surface area contributed by atoms with Gasteiger partial charge in [0.25, 0.3) is 0 Å². The summed E-state index contributed by atoms with van der Waals surface area (Å²) < 4.78 is 15.5. The summed E-state index contributed by atoms with van der Waals surface area (Å²) >= 11 is 0. The first-order valence-corrected chi connectivity index (χ1v) is 19.1. The van der Waals surface area contributed by atoms with E-state index in [-0.39, 0.29) is 0 Å². The summed E-state index contributed by atoms with van der Waals surface area (Å²) in [7, 11) is 0. The average molecular weight is 730 g/mol. The molecule has 0 aliphatic rings. The molecule has 0 saturated carbocycles. The van der Waals surface area contributed by atoms with Gasteiger partial charge in [0.1, 0.15) is 16.7 Å². The highest BCUT2D eigenvalue weighted by Crippen LogP contribution is 2.42. The van der Waals surface area contributed by atoms with Gasteiger partial charge in [-0.2, -0.15) is 4.98 Å². The Labute approximate surface area is 326 Å². The summed E-state index contributed by atoms with van der Waals surface area (Å²) in [5, 5.41) is 6.30. The number of hydrogen-bond donors (Lipinski definition) is 0. The van der Waals surface area contributed by atoms with Gasteiger partial charge in [-0.3, -0.25) is 0 Å². The first-order valence-electron chi connectivity index (χ1n) is 19.1. The lowest BCUT2D eigenvalue weighted by molar-refractivity contribution is 0.653. The second-order valence-corrected chi connectivity index (χ2v) is 14.5. The van der Waals surface area contributed by atoms with E-state index in [9.17, 15) is 0 Å². The molecular formula is C52H31N3O2. The summed E-state index contributed by atoms with van der Waals surface area (Å²) in [5.41, 5.74) is 13.6. The van der Waals surface area contributed by atoms with Gasteiger partial charge in [0.15, 0.2) is 5.82 Å². The Balaban J connectivity index is 1.02. The van der Waals surface area contributed by atoms with Crippen molar-refractivity contribution in [2.75, 3.05) is 0 Å². The molecule has 4 heterocycles. The normalized spacial score (nSPS) is 11.9. The average Bonchev–Trinajstić information content (AvgIpc) is 3.95. The largest absolute Gasteiger partial charge is 0.456 e. The van der Waals surface area contributed by atoms with Crippen molar-refractivity contribution >= 4 is 65.8 Å². The van der Waals surface area contributed by atoms with E-state index in [0.29, 0.717) is 11.5 Å². The van der Waals surface area contributed by atoms with Crippen molar-refractivity contribution in [1.29, 1.82) is 0 Å². The molecule has 0 atom stereocenters. The molecule has 4 aromatic heterocycles. The number of rotatable bonds is 5. The molecule has 0 spiro atoms. The van der Waals surface area contributed by atoms with Crippen molar-refractivity contribution in [2.45, 2.75) is 0 Å². The maximum Gasteiger partial charge on any atom is 0.231 e. The van der Waals surface area contributed by atoms with Crippen LogP contribution in [-0.4, -0.2) is 14.5 Å². The molecule has 12 aromatic rings. The molecule has 5 heteroatoms. The molecule has 0 aliphatic carbocycles. The minimum atomic E-state index is 0.551. The minimum absolute atomic E-state index is 0.551. The van der Waals surface area contributed by atoms with Crippen LogP contribution in [0.4, 0.5) is 0 Å². The van der Waals surface area contributed by atoms with Gasteiger partial charge in [-0.1, -0.05) is 127 Å². The third-order valence-electron chi connectivity index (χ3n) is 11.2. The standard InChI is InChI=1S/C52H31N3O2/c1-4-13-32(14-5-1)34-25-28-45-42(30-34)49-50(33-15-6-2-7-16-33)53-51(54-52(49)57-45)40-20-12-22-46-48(40)39-26-23-36(31-47(39)56-46)35-24-27-44-41(29-35)38-19-10-11-21-43(38)55(44)37-17-8-3-9-18-37/h1-31H. The maximum absolute atomic E-state index is 6.62. The number of para-hydroxylation sites is 2. The third-order valence-corrected chi connectivity index (χ3v) is 11.2. The van der Waals surface area contributed by atoms with E-state index in [4.69, 9.17) is 18.8 Å². The molecule has 0 amide bonds.